The second-order valence-electron chi connectivity index (χ2n) is 4.95. The lowest BCUT2D eigenvalue weighted by molar-refractivity contribution is -0.0239. The average Bonchev–Trinajstić information content (AvgIpc) is 2.29. The summed E-state index contributed by atoms with van der Waals surface area (Å²) >= 11 is 0. The molecule has 0 saturated carbocycles. The van der Waals surface area contributed by atoms with Crippen LogP contribution in [0.3, 0.4) is 0 Å². The van der Waals surface area contributed by atoms with Crippen molar-refractivity contribution in [2.45, 2.75) is 25.5 Å². The number of benzene rings is 1. The van der Waals surface area contributed by atoms with E-state index >= 15 is 0 Å². The summed E-state index contributed by atoms with van der Waals surface area (Å²) in [5, 5.41) is 3.37. The molecule has 0 bridgehead atoms. The molecule has 1 saturated heterocycles. The second kappa shape index (κ2) is 4.63. The zero-order valence-electron chi connectivity index (χ0n) is 10.4. The summed E-state index contributed by atoms with van der Waals surface area (Å²) in [7, 11) is 1.58. The molecule has 1 fully saturated rings. The standard InChI is InChI=1S/C13H18FNO2/c1-13(2)8-17-12(7-15-13)10-6-9(14)4-5-11(10)16-3/h4-6,12,15H,7-8H2,1-3H3. The average molecular weight is 239 g/mol. The van der Waals surface area contributed by atoms with Gasteiger partial charge in [-0.3, -0.25) is 0 Å². The summed E-state index contributed by atoms with van der Waals surface area (Å²) in [6.45, 7) is 5.40. The fourth-order valence-electron chi connectivity index (χ4n) is 1.94. The molecule has 1 aromatic rings. The lowest BCUT2D eigenvalue weighted by atomic mass is 10.0. The topological polar surface area (TPSA) is 30.5 Å². The van der Waals surface area contributed by atoms with Crippen LogP contribution in [0.1, 0.15) is 25.5 Å². The Morgan fingerprint density at radius 1 is 1.47 bits per heavy atom. The van der Waals surface area contributed by atoms with Gasteiger partial charge in [0.25, 0.3) is 0 Å². The molecule has 0 aromatic heterocycles. The van der Waals surface area contributed by atoms with Gasteiger partial charge in [0.05, 0.1) is 19.8 Å². The van der Waals surface area contributed by atoms with E-state index in [1.54, 1.807) is 13.2 Å². The van der Waals surface area contributed by atoms with Crippen LogP contribution >= 0.6 is 0 Å². The van der Waals surface area contributed by atoms with Crippen LogP contribution in [-0.4, -0.2) is 25.8 Å². The van der Waals surface area contributed by atoms with Crippen LogP contribution < -0.4 is 10.1 Å². The lowest BCUT2D eigenvalue weighted by Crippen LogP contribution is -2.50. The third kappa shape index (κ3) is 2.76. The fourth-order valence-corrected chi connectivity index (χ4v) is 1.94. The number of ether oxygens (including phenoxy) is 2. The first-order valence-corrected chi connectivity index (χ1v) is 5.72. The minimum absolute atomic E-state index is 0.0307. The van der Waals surface area contributed by atoms with Crippen molar-refractivity contribution in [2.24, 2.45) is 0 Å². The summed E-state index contributed by atoms with van der Waals surface area (Å²) in [5.74, 6) is 0.395. The normalized spacial score (nSPS) is 23.4. The molecule has 94 valence electrons. The molecule has 1 aromatic carbocycles. The van der Waals surface area contributed by atoms with E-state index in [1.807, 2.05) is 0 Å². The van der Waals surface area contributed by atoms with Crippen molar-refractivity contribution in [1.29, 1.82) is 0 Å². The first-order valence-electron chi connectivity index (χ1n) is 5.72. The Hall–Kier alpha value is -1.13. The van der Waals surface area contributed by atoms with Crippen molar-refractivity contribution in [2.75, 3.05) is 20.3 Å². The van der Waals surface area contributed by atoms with Crippen LogP contribution in [0.4, 0.5) is 4.39 Å². The van der Waals surface area contributed by atoms with Gasteiger partial charge >= 0.3 is 0 Å². The van der Waals surface area contributed by atoms with Crippen LogP contribution in [-0.2, 0) is 4.74 Å². The monoisotopic (exact) mass is 239 g/mol. The van der Waals surface area contributed by atoms with Gasteiger partial charge in [-0.15, -0.1) is 0 Å². The highest BCUT2D eigenvalue weighted by atomic mass is 19.1. The van der Waals surface area contributed by atoms with E-state index in [-0.39, 0.29) is 17.5 Å². The van der Waals surface area contributed by atoms with E-state index in [2.05, 4.69) is 19.2 Å². The highest BCUT2D eigenvalue weighted by molar-refractivity contribution is 5.36. The SMILES string of the molecule is COc1ccc(F)cc1C1CNC(C)(C)CO1. The van der Waals surface area contributed by atoms with Gasteiger partial charge in [0, 0.05) is 17.6 Å². The summed E-state index contributed by atoms with van der Waals surface area (Å²) in [4.78, 5) is 0. The molecule has 1 unspecified atom stereocenters. The predicted octanol–water partition coefficient (Wildman–Crippen LogP) is 2.27. The number of morpholine rings is 1. The van der Waals surface area contributed by atoms with Crippen LogP contribution in [0.2, 0.25) is 0 Å². The number of nitrogens with one attached hydrogen (secondary N) is 1. The Morgan fingerprint density at radius 2 is 2.24 bits per heavy atom. The lowest BCUT2D eigenvalue weighted by Gasteiger charge is -2.36. The van der Waals surface area contributed by atoms with Gasteiger partial charge in [-0.25, -0.2) is 4.39 Å². The minimum atomic E-state index is -0.269. The van der Waals surface area contributed by atoms with Crippen molar-refractivity contribution in [3.63, 3.8) is 0 Å². The van der Waals surface area contributed by atoms with Crippen molar-refractivity contribution < 1.29 is 13.9 Å². The van der Waals surface area contributed by atoms with Crippen molar-refractivity contribution in [3.05, 3.63) is 29.6 Å². The fraction of sp³-hybridized carbons (Fsp3) is 0.538. The molecule has 1 N–H and O–H groups in total. The molecule has 1 aliphatic rings. The third-order valence-corrected chi connectivity index (χ3v) is 2.95. The van der Waals surface area contributed by atoms with Gasteiger partial charge in [-0.2, -0.15) is 0 Å². The Morgan fingerprint density at radius 3 is 2.82 bits per heavy atom. The summed E-state index contributed by atoms with van der Waals surface area (Å²) in [6.07, 6.45) is -0.159. The molecule has 0 aliphatic carbocycles. The number of halogens is 1. The number of rotatable bonds is 2. The van der Waals surface area contributed by atoms with E-state index in [1.165, 1.54) is 12.1 Å². The summed E-state index contributed by atoms with van der Waals surface area (Å²) in [5.41, 5.74) is 0.729. The Balaban J connectivity index is 2.20. The second-order valence-corrected chi connectivity index (χ2v) is 4.95. The van der Waals surface area contributed by atoms with E-state index < -0.39 is 0 Å². The molecule has 17 heavy (non-hydrogen) atoms. The minimum Gasteiger partial charge on any atom is -0.496 e. The van der Waals surface area contributed by atoms with Gasteiger partial charge in [0.2, 0.25) is 0 Å². The molecular formula is C13H18FNO2. The highest BCUT2D eigenvalue weighted by Gasteiger charge is 2.29. The maximum atomic E-state index is 13.3. The van der Waals surface area contributed by atoms with E-state index in [9.17, 15) is 4.39 Å². The highest BCUT2D eigenvalue weighted by Crippen LogP contribution is 2.31. The van der Waals surface area contributed by atoms with Crippen molar-refractivity contribution in [1.82, 2.24) is 5.32 Å². The Labute approximate surface area is 101 Å². The molecular weight excluding hydrogens is 221 g/mol. The van der Waals surface area contributed by atoms with Gasteiger partial charge in [-0.05, 0) is 32.0 Å². The molecule has 1 aliphatic heterocycles. The molecule has 1 atom stereocenters. The van der Waals surface area contributed by atoms with E-state index in [0.717, 1.165) is 5.56 Å². The van der Waals surface area contributed by atoms with E-state index in [4.69, 9.17) is 9.47 Å². The van der Waals surface area contributed by atoms with Crippen LogP contribution in [0, 0.1) is 5.82 Å². The smallest absolute Gasteiger partial charge is 0.124 e. The number of methoxy groups -OCH3 is 1. The molecule has 0 amide bonds. The maximum Gasteiger partial charge on any atom is 0.124 e. The van der Waals surface area contributed by atoms with Crippen molar-refractivity contribution >= 4 is 0 Å². The zero-order valence-corrected chi connectivity index (χ0v) is 10.4. The quantitative estimate of drug-likeness (QED) is 0.858. The van der Waals surface area contributed by atoms with Gasteiger partial charge < -0.3 is 14.8 Å². The predicted molar refractivity (Wildman–Crippen MR) is 63.7 cm³/mol. The first kappa shape index (κ1) is 12.3. The van der Waals surface area contributed by atoms with Gasteiger partial charge in [-0.1, -0.05) is 0 Å². The number of hydrogen-bond donors (Lipinski definition) is 1. The molecule has 2 rings (SSSR count). The van der Waals surface area contributed by atoms with Crippen LogP contribution in [0.15, 0.2) is 18.2 Å². The van der Waals surface area contributed by atoms with Crippen LogP contribution in [0.5, 0.6) is 5.75 Å². The molecule has 0 spiro atoms. The van der Waals surface area contributed by atoms with Crippen molar-refractivity contribution in [3.8, 4) is 5.75 Å². The summed E-state index contributed by atoms with van der Waals surface area (Å²) in [6, 6.07) is 4.50. The van der Waals surface area contributed by atoms with Gasteiger partial charge in [0.15, 0.2) is 0 Å². The molecule has 1 heterocycles. The Bertz CT molecular complexity index is 396. The first-order chi connectivity index (χ1) is 8.02. The molecule has 4 heteroatoms. The third-order valence-electron chi connectivity index (χ3n) is 2.95. The Kier molecular flexibility index (Phi) is 3.35. The van der Waals surface area contributed by atoms with Crippen LogP contribution in [0.25, 0.3) is 0 Å². The number of hydrogen-bond acceptors (Lipinski definition) is 3. The van der Waals surface area contributed by atoms with Gasteiger partial charge in [0.1, 0.15) is 11.6 Å². The summed E-state index contributed by atoms with van der Waals surface area (Å²) < 4.78 is 24.3. The maximum absolute atomic E-state index is 13.3. The zero-order chi connectivity index (χ0) is 12.5. The molecule has 3 nitrogen and oxygen atoms in total. The largest absolute Gasteiger partial charge is 0.496 e. The molecule has 0 radical (unpaired) electrons. The van der Waals surface area contributed by atoms with E-state index in [0.29, 0.717) is 18.9 Å².